The van der Waals surface area contributed by atoms with Crippen molar-refractivity contribution in [3.05, 3.63) is 36.0 Å². The van der Waals surface area contributed by atoms with Crippen LogP contribution in [0.2, 0.25) is 0 Å². The number of hydrogen-bond acceptors (Lipinski definition) is 7. The van der Waals surface area contributed by atoms with Crippen molar-refractivity contribution >= 4 is 21.7 Å². The first kappa shape index (κ1) is 21.6. The SMILES string of the molecule is CCOC(CN/C=C(/C#N)C(=O)Nc1ccc(S(=O)(=O)O)cc1)OCC. The Balaban J connectivity index is 2.69. The molecule has 0 aliphatic rings. The van der Waals surface area contributed by atoms with Crippen molar-refractivity contribution in [1.29, 1.82) is 5.26 Å². The van der Waals surface area contributed by atoms with Gasteiger partial charge in [-0.05, 0) is 38.1 Å². The minimum absolute atomic E-state index is 0.185. The van der Waals surface area contributed by atoms with E-state index in [1.807, 2.05) is 13.8 Å². The van der Waals surface area contributed by atoms with Gasteiger partial charge in [-0.15, -0.1) is 0 Å². The van der Waals surface area contributed by atoms with E-state index >= 15 is 0 Å². The van der Waals surface area contributed by atoms with Gasteiger partial charge in [0.2, 0.25) is 0 Å². The molecule has 142 valence electrons. The normalized spacial score (nSPS) is 11.9. The Morgan fingerprint density at radius 1 is 1.27 bits per heavy atom. The van der Waals surface area contributed by atoms with Gasteiger partial charge in [0.15, 0.2) is 6.29 Å². The molecule has 1 aromatic carbocycles. The zero-order chi connectivity index (χ0) is 19.6. The molecule has 0 saturated carbocycles. The minimum atomic E-state index is -4.31. The quantitative estimate of drug-likeness (QED) is 0.238. The summed E-state index contributed by atoms with van der Waals surface area (Å²) in [6, 6.07) is 6.62. The third-order valence-corrected chi connectivity index (χ3v) is 3.88. The summed E-state index contributed by atoms with van der Waals surface area (Å²) in [5.41, 5.74) is 0.0839. The van der Waals surface area contributed by atoms with Gasteiger partial charge < -0.3 is 20.1 Å². The second-order valence-electron chi connectivity index (χ2n) is 4.87. The molecule has 0 spiro atoms. The van der Waals surface area contributed by atoms with Crippen molar-refractivity contribution in [2.75, 3.05) is 25.1 Å². The zero-order valence-electron chi connectivity index (χ0n) is 14.4. The van der Waals surface area contributed by atoms with Gasteiger partial charge >= 0.3 is 0 Å². The molecule has 0 fully saturated rings. The molecule has 0 atom stereocenters. The summed E-state index contributed by atoms with van der Waals surface area (Å²) in [7, 11) is -4.31. The predicted octanol–water partition coefficient (Wildman–Crippen LogP) is 1.27. The largest absolute Gasteiger partial charge is 0.385 e. The molecule has 0 heterocycles. The van der Waals surface area contributed by atoms with Crippen LogP contribution in [0.25, 0.3) is 0 Å². The summed E-state index contributed by atoms with van der Waals surface area (Å²) in [4.78, 5) is 11.8. The van der Waals surface area contributed by atoms with E-state index in [1.165, 1.54) is 18.3 Å². The van der Waals surface area contributed by atoms with Gasteiger partial charge in [0, 0.05) is 25.1 Å². The number of carbonyl (C=O) groups excluding carboxylic acids is 1. The Morgan fingerprint density at radius 2 is 1.85 bits per heavy atom. The third-order valence-electron chi connectivity index (χ3n) is 3.01. The number of nitrogens with zero attached hydrogens (tertiary/aromatic N) is 1. The Hall–Kier alpha value is -2.45. The lowest BCUT2D eigenvalue weighted by atomic mass is 10.2. The maximum absolute atomic E-state index is 12.1. The Kier molecular flexibility index (Phi) is 8.74. The Labute approximate surface area is 152 Å². The van der Waals surface area contributed by atoms with Crippen LogP contribution in [0.15, 0.2) is 40.9 Å². The molecule has 1 amide bonds. The number of amides is 1. The summed E-state index contributed by atoms with van der Waals surface area (Å²) >= 11 is 0. The summed E-state index contributed by atoms with van der Waals surface area (Å²) in [6.45, 7) is 4.82. The lowest BCUT2D eigenvalue weighted by Crippen LogP contribution is -2.29. The molecule has 26 heavy (non-hydrogen) atoms. The van der Waals surface area contributed by atoms with Gasteiger partial charge in [-0.1, -0.05) is 0 Å². The van der Waals surface area contributed by atoms with Crippen molar-refractivity contribution in [2.24, 2.45) is 0 Å². The zero-order valence-corrected chi connectivity index (χ0v) is 15.2. The molecule has 0 aliphatic heterocycles. The molecule has 1 aromatic rings. The van der Waals surface area contributed by atoms with Crippen LogP contribution >= 0.6 is 0 Å². The molecule has 1 rings (SSSR count). The highest BCUT2D eigenvalue weighted by atomic mass is 32.2. The third kappa shape index (κ3) is 7.20. The summed E-state index contributed by atoms with van der Waals surface area (Å²) in [6.07, 6.45) is 0.740. The number of nitrogens with one attached hydrogen (secondary N) is 2. The van der Waals surface area contributed by atoms with Gasteiger partial charge in [-0.2, -0.15) is 13.7 Å². The number of anilines is 1. The lowest BCUT2D eigenvalue weighted by molar-refractivity contribution is -0.131. The summed E-state index contributed by atoms with van der Waals surface area (Å²) in [5, 5.41) is 14.3. The van der Waals surface area contributed by atoms with E-state index in [-0.39, 0.29) is 22.7 Å². The molecule has 0 bridgehead atoms. The molecule has 0 aliphatic carbocycles. The topological polar surface area (TPSA) is 138 Å². The summed E-state index contributed by atoms with van der Waals surface area (Å²) in [5.74, 6) is -0.677. The van der Waals surface area contributed by atoms with Crippen molar-refractivity contribution in [1.82, 2.24) is 5.32 Å². The van der Waals surface area contributed by atoms with Gasteiger partial charge in [0.25, 0.3) is 16.0 Å². The van der Waals surface area contributed by atoms with Crippen LogP contribution in [0.5, 0.6) is 0 Å². The highest BCUT2D eigenvalue weighted by molar-refractivity contribution is 7.85. The molecular formula is C16H21N3O6S. The van der Waals surface area contributed by atoms with Crippen LogP contribution in [0, 0.1) is 11.3 Å². The smallest absolute Gasteiger partial charge is 0.294 e. The Morgan fingerprint density at radius 3 is 2.31 bits per heavy atom. The van der Waals surface area contributed by atoms with E-state index in [4.69, 9.17) is 19.3 Å². The van der Waals surface area contributed by atoms with E-state index in [0.717, 1.165) is 12.1 Å². The maximum atomic E-state index is 12.1. The fourth-order valence-corrected chi connectivity index (χ4v) is 2.33. The van der Waals surface area contributed by atoms with Gasteiger partial charge in [-0.25, -0.2) is 0 Å². The second kappa shape index (κ2) is 10.5. The number of hydrogen-bond donors (Lipinski definition) is 3. The van der Waals surface area contributed by atoms with Crippen LogP contribution in [-0.4, -0.2) is 44.9 Å². The molecule has 10 heteroatoms. The number of benzene rings is 1. The minimum Gasteiger partial charge on any atom is -0.385 e. The van der Waals surface area contributed by atoms with Crippen molar-refractivity contribution in [3.63, 3.8) is 0 Å². The highest BCUT2D eigenvalue weighted by Gasteiger charge is 2.12. The van der Waals surface area contributed by atoms with Gasteiger partial charge in [0.05, 0.1) is 11.4 Å². The number of ether oxygens (including phenoxy) is 2. The van der Waals surface area contributed by atoms with Crippen molar-refractivity contribution < 1.29 is 27.2 Å². The maximum Gasteiger partial charge on any atom is 0.294 e. The van der Waals surface area contributed by atoms with Crippen LogP contribution in [0.3, 0.4) is 0 Å². The second-order valence-corrected chi connectivity index (χ2v) is 6.29. The fraction of sp³-hybridized carbons (Fsp3) is 0.375. The average molecular weight is 383 g/mol. The van der Waals surface area contributed by atoms with E-state index in [2.05, 4.69) is 10.6 Å². The molecule has 0 aromatic heterocycles. The Bertz CT molecular complexity index is 762. The predicted molar refractivity (Wildman–Crippen MR) is 93.6 cm³/mol. The molecule has 9 nitrogen and oxygen atoms in total. The van der Waals surface area contributed by atoms with Crippen molar-refractivity contribution in [3.8, 4) is 6.07 Å². The lowest BCUT2D eigenvalue weighted by Gasteiger charge is -2.16. The summed E-state index contributed by atoms with van der Waals surface area (Å²) < 4.78 is 41.5. The molecule has 0 radical (unpaired) electrons. The number of carbonyl (C=O) groups is 1. The average Bonchev–Trinajstić information content (AvgIpc) is 2.58. The first-order valence-corrected chi connectivity index (χ1v) is 9.21. The van der Waals surface area contributed by atoms with Gasteiger partial charge in [-0.3, -0.25) is 9.35 Å². The first-order valence-electron chi connectivity index (χ1n) is 7.77. The molecule has 0 unspecified atom stereocenters. The van der Waals surface area contributed by atoms with E-state index < -0.39 is 22.3 Å². The van der Waals surface area contributed by atoms with Crippen molar-refractivity contribution in [2.45, 2.75) is 25.0 Å². The fourth-order valence-electron chi connectivity index (χ4n) is 1.85. The number of rotatable bonds is 10. The van der Waals surface area contributed by atoms with Crippen LogP contribution in [0.1, 0.15) is 13.8 Å². The monoisotopic (exact) mass is 383 g/mol. The molecule has 0 saturated heterocycles. The van der Waals surface area contributed by atoms with Crippen LogP contribution < -0.4 is 10.6 Å². The standard InChI is InChI=1S/C16H21N3O6S/c1-3-24-15(25-4-2)11-18-10-12(9-17)16(20)19-13-5-7-14(8-6-13)26(21,22)23/h5-8,10,15,18H,3-4,11H2,1-2H3,(H,19,20)(H,21,22,23)/b12-10-. The number of nitriles is 1. The van der Waals surface area contributed by atoms with E-state index in [0.29, 0.717) is 13.2 Å². The van der Waals surface area contributed by atoms with Crippen LogP contribution in [0.4, 0.5) is 5.69 Å². The van der Waals surface area contributed by atoms with E-state index in [1.54, 1.807) is 6.07 Å². The highest BCUT2D eigenvalue weighted by Crippen LogP contribution is 2.14. The first-order chi connectivity index (χ1) is 12.3. The molecular weight excluding hydrogens is 362 g/mol. The van der Waals surface area contributed by atoms with E-state index in [9.17, 15) is 13.2 Å². The van der Waals surface area contributed by atoms with Crippen LogP contribution in [-0.2, 0) is 24.4 Å². The molecule has 3 N–H and O–H groups in total. The van der Waals surface area contributed by atoms with Gasteiger partial charge in [0.1, 0.15) is 11.6 Å².